The lowest BCUT2D eigenvalue weighted by Crippen LogP contribution is -2.02. The van der Waals surface area contributed by atoms with Gasteiger partial charge in [0, 0.05) is 12.6 Å². The molecule has 0 radical (unpaired) electrons. The van der Waals surface area contributed by atoms with Crippen molar-refractivity contribution in [3.63, 3.8) is 0 Å². The number of nitrogens with zero attached hydrogens (tertiary/aromatic N) is 2. The maximum absolute atomic E-state index is 4.15. The molecule has 1 heterocycles. The maximum atomic E-state index is 4.15. The molecule has 0 saturated carbocycles. The van der Waals surface area contributed by atoms with Gasteiger partial charge in [-0.25, -0.2) is 9.97 Å². The van der Waals surface area contributed by atoms with Gasteiger partial charge in [-0.15, -0.1) is 11.8 Å². The van der Waals surface area contributed by atoms with Crippen LogP contribution < -0.4 is 5.32 Å². The standard InChI is InChI=1S/C9H15N3S/c1-3-5-10-8-6-9(13-4-2)12-7-11-8/h6-7H,3-5H2,1-2H3,(H,10,11,12). The molecule has 0 aliphatic rings. The first-order valence-electron chi connectivity index (χ1n) is 4.55. The van der Waals surface area contributed by atoms with Crippen LogP contribution in [0, 0.1) is 0 Å². The number of aromatic nitrogens is 2. The molecule has 0 fully saturated rings. The number of hydrogen-bond acceptors (Lipinski definition) is 4. The molecule has 1 rings (SSSR count). The molecule has 4 heteroatoms. The summed E-state index contributed by atoms with van der Waals surface area (Å²) in [5, 5.41) is 4.27. The van der Waals surface area contributed by atoms with E-state index in [1.165, 1.54) is 0 Å². The largest absolute Gasteiger partial charge is 0.370 e. The number of anilines is 1. The van der Waals surface area contributed by atoms with Gasteiger partial charge in [-0.05, 0) is 12.2 Å². The molecule has 0 saturated heterocycles. The summed E-state index contributed by atoms with van der Waals surface area (Å²) < 4.78 is 0. The first-order chi connectivity index (χ1) is 6.36. The zero-order chi connectivity index (χ0) is 9.52. The molecule has 1 N–H and O–H groups in total. The Bertz CT molecular complexity index is 252. The summed E-state index contributed by atoms with van der Waals surface area (Å²) >= 11 is 1.73. The fourth-order valence-electron chi connectivity index (χ4n) is 0.916. The topological polar surface area (TPSA) is 37.8 Å². The number of nitrogens with one attached hydrogen (secondary N) is 1. The molecule has 0 aliphatic carbocycles. The summed E-state index contributed by atoms with van der Waals surface area (Å²) in [6.45, 7) is 5.22. The van der Waals surface area contributed by atoms with Gasteiger partial charge in [-0.3, -0.25) is 0 Å². The van der Waals surface area contributed by atoms with E-state index in [2.05, 4.69) is 29.1 Å². The summed E-state index contributed by atoms with van der Waals surface area (Å²) in [4.78, 5) is 8.27. The zero-order valence-corrected chi connectivity index (χ0v) is 8.90. The van der Waals surface area contributed by atoms with Gasteiger partial charge in [0.1, 0.15) is 17.2 Å². The summed E-state index contributed by atoms with van der Waals surface area (Å²) in [6.07, 6.45) is 2.72. The molecule has 0 aromatic carbocycles. The van der Waals surface area contributed by atoms with Crippen LogP contribution in [-0.4, -0.2) is 22.3 Å². The second-order valence-electron chi connectivity index (χ2n) is 2.60. The van der Waals surface area contributed by atoms with Gasteiger partial charge < -0.3 is 5.32 Å². The normalized spacial score (nSPS) is 10.0. The zero-order valence-electron chi connectivity index (χ0n) is 8.08. The third-order valence-corrected chi connectivity index (χ3v) is 2.30. The maximum Gasteiger partial charge on any atom is 0.130 e. The van der Waals surface area contributed by atoms with E-state index in [9.17, 15) is 0 Å². The van der Waals surface area contributed by atoms with Gasteiger partial charge >= 0.3 is 0 Å². The number of thioether (sulfide) groups is 1. The minimum atomic E-state index is 0.924. The molecule has 1 aromatic rings. The Labute approximate surface area is 83.4 Å². The van der Waals surface area contributed by atoms with Crippen molar-refractivity contribution in [2.75, 3.05) is 17.6 Å². The van der Waals surface area contributed by atoms with Crippen molar-refractivity contribution in [2.24, 2.45) is 0 Å². The Morgan fingerprint density at radius 3 is 2.92 bits per heavy atom. The summed E-state index contributed by atoms with van der Waals surface area (Å²) in [5.74, 6) is 1.97. The van der Waals surface area contributed by atoms with E-state index >= 15 is 0 Å². The van der Waals surface area contributed by atoms with Crippen molar-refractivity contribution >= 4 is 17.6 Å². The SMILES string of the molecule is CCCNc1cc(SCC)ncn1. The lowest BCUT2D eigenvalue weighted by atomic mass is 10.4. The van der Waals surface area contributed by atoms with Gasteiger partial charge in [-0.1, -0.05) is 13.8 Å². The van der Waals surface area contributed by atoms with E-state index < -0.39 is 0 Å². The molecule has 0 spiro atoms. The van der Waals surface area contributed by atoms with Crippen molar-refractivity contribution in [2.45, 2.75) is 25.3 Å². The van der Waals surface area contributed by atoms with Crippen LogP contribution in [0.15, 0.2) is 17.4 Å². The second-order valence-corrected chi connectivity index (χ2v) is 3.89. The Balaban J connectivity index is 2.56. The fourth-order valence-corrected chi connectivity index (χ4v) is 1.53. The van der Waals surface area contributed by atoms with Crippen molar-refractivity contribution < 1.29 is 0 Å². The Hall–Kier alpha value is -0.770. The molecule has 0 aliphatic heterocycles. The van der Waals surface area contributed by atoms with Crippen LogP contribution in [0.4, 0.5) is 5.82 Å². The van der Waals surface area contributed by atoms with Gasteiger partial charge in [0.05, 0.1) is 0 Å². The monoisotopic (exact) mass is 197 g/mol. The average Bonchev–Trinajstić information content (AvgIpc) is 2.16. The number of rotatable bonds is 5. The minimum absolute atomic E-state index is 0.924. The molecule has 3 nitrogen and oxygen atoms in total. The first-order valence-corrected chi connectivity index (χ1v) is 5.54. The molecule has 0 unspecified atom stereocenters. The lowest BCUT2D eigenvalue weighted by Gasteiger charge is -2.03. The Morgan fingerprint density at radius 1 is 1.38 bits per heavy atom. The molecule has 13 heavy (non-hydrogen) atoms. The molecule has 1 aromatic heterocycles. The van der Waals surface area contributed by atoms with Gasteiger partial charge in [0.15, 0.2) is 0 Å². The Morgan fingerprint density at radius 2 is 2.23 bits per heavy atom. The highest BCUT2D eigenvalue weighted by Crippen LogP contribution is 2.16. The smallest absolute Gasteiger partial charge is 0.130 e. The molecule has 0 bridgehead atoms. The highest BCUT2D eigenvalue weighted by molar-refractivity contribution is 7.99. The number of hydrogen-bond donors (Lipinski definition) is 1. The van der Waals surface area contributed by atoms with E-state index in [0.717, 1.165) is 29.6 Å². The van der Waals surface area contributed by atoms with Crippen LogP contribution in [0.3, 0.4) is 0 Å². The predicted octanol–water partition coefficient (Wildman–Crippen LogP) is 2.41. The molecule has 0 atom stereocenters. The van der Waals surface area contributed by atoms with Crippen molar-refractivity contribution in [3.05, 3.63) is 12.4 Å². The Kier molecular flexibility index (Phi) is 4.60. The first kappa shape index (κ1) is 10.3. The highest BCUT2D eigenvalue weighted by atomic mass is 32.2. The van der Waals surface area contributed by atoms with Crippen LogP contribution in [0.5, 0.6) is 0 Å². The van der Waals surface area contributed by atoms with Crippen LogP contribution >= 0.6 is 11.8 Å². The van der Waals surface area contributed by atoms with E-state index in [0.29, 0.717) is 0 Å². The van der Waals surface area contributed by atoms with E-state index in [-0.39, 0.29) is 0 Å². The predicted molar refractivity (Wildman–Crippen MR) is 57.2 cm³/mol. The molecular weight excluding hydrogens is 182 g/mol. The summed E-state index contributed by atoms with van der Waals surface area (Å²) in [7, 11) is 0. The lowest BCUT2D eigenvalue weighted by molar-refractivity contribution is 0.953. The van der Waals surface area contributed by atoms with Crippen LogP contribution in [0.1, 0.15) is 20.3 Å². The van der Waals surface area contributed by atoms with E-state index in [4.69, 9.17) is 0 Å². The quantitative estimate of drug-likeness (QED) is 0.581. The van der Waals surface area contributed by atoms with Crippen molar-refractivity contribution in [1.29, 1.82) is 0 Å². The van der Waals surface area contributed by atoms with Crippen LogP contribution in [0.2, 0.25) is 0 Å². The summed E-state index contributed by atoms with van der Waals surface area (Å²) in [5.41, 5.74) is 0. The highest BCUT2D eigenvalue weighted by Gasteiger charge is 1.96. The molecule has 72 valence electrons. The molecular formula is C9H15N3S. The molecule has 0 amide bonds. The van der Waals surface area contributed by atoms with E-state index in [1.54, 1.807) is 18.1 Å². The minimum Gasteiger partial charge on any atom is -0.370 e. The summed E-state index contributed by atoms with van der Waals surface area (Å²) in [6, 6.07) is 1.99. The van der Waals surface area contributed by atoms with Crippen molar-refractivity contribution in [3.8, 4) is 0 Å². The van der Waals surface area contributed by atoms with E-state index in [1.807, 2.05) is 6.07 Å². The van der Waals surface area contributed by atoms with Gasteiger partial charge in [0.2, 0.25) is 0 Å². The van der Waals surface area contributed by atoms with Crippen molar-refractivity contribution in [1.82, 2.24) is 9.97 Å². The van der Waals surface area contributed by atoms with Crippen LogP contribution in [0.25, 0.3) is 0 Å². The fraction of sp³-hybridized carbons (Fsp3) is 0.556. The average molecular weight is 197 g/mol. The third-order valence-electron chi connectivity index (χ3n) is 1.49. The second kappa shape index (κ2) is 5.80. The van der Waals surface area contributed by atoms with Gasteiger partial charge in [-0.2, -0.15) is 0 Å². The third kappa shape index (κ3) is 3.63. The van der Waals surface area contributed by atoms with Crippen LogP contribution in [-0.2, 0) is 0 Å². The van der Waals surface area contributed by atoms with Gasteiger partial charge in [0.25, 0.3) is 0 Å².